The Hall–Kier alpha value is -2.66. The quantitative estimate of drug-likeness (QED) is 0.650. The summed E-state index contributed by atoms with van der Waals surface area (Å²) in [7, 11) is 1.59. The van der Waals surface area contributed by atoms with Gasteiger partial charge < -0.3 is 9.84 Å². The summed E-state index contributed by atoms with van der Waals surface area (Å²) >= 11 is 0. The second kappa shape index (κ2) is 7.21. The molecule has 2 aromatic carbocycles. The van der Waals surface area contributed by atoms with E-state index in [4.69, 9.17) is 4.74 Å². The van der Waals surface area contributed by atoms with E-state index in [0.29, 0.717) is 5.56 Å². The lowest BCUT2D eigenvalue weighted by atomic mass is 10.1. The number of aliphatic hydroxyl groups is 1. The number of hydrogen-bond acceptors (Lipinski definition) is 4. The van der Waals surface area contributed by atoms with Crippen LogP contribution in [0.5, 0.6) is 5.75 Å². The van der Waals surface area contributed by atoms with Crippen LogP contribution >= 0.6 is 0 Å². The largest absolute Gasteiger partial charge is 0.497 e. The number of carbonyl (C=O) groups is 1. The van der Waals surface area contributed by atoms with E-state index in [2.05, 4.69) is 10.5 Å². The van der Waals surface area contributed by atoms with Crippen LogP contribution in [0, 0.1) is 0 Å². The number of amides is 1. The molecule has 0 fully saturated rings. The summed E-state index contributed by atoms with van der Waals surface area (Å²) < 4.78 is 5.05. The van der Waals surface area contributed by atoms with Crippen molar-refractivity contribution >= 4 is 12.1 Å². The number of hydrazone groups is 1. The first-order valence-corrected chi connectivity index (χ1v) is 6.40. The van der Waals surface area contributed by atoms with Gasteiger partial charge in [-0.3, -0.25) is 4.79 Å². The molecule has 2 rings (SSSR count). The van der Waals surface area contributed by atoms with Gasteiger partial charge in [0.1, 0.15) is 5.75 Å². The minimum Gasteiger partial charge on any atom is -0.497 e. The normalized spacial score (nSPS) is 12.1. The van der Waals surface area contributed by atoms with Gasteiger partial charge in [-0.25, -0.2) is 5.43 Å². The first kappa shape index (κ1) is 14.7. The molecule has 5 nitrogen and oxygen atoms in total. The predicted octanol–water partition coefficient (Wildman–Crippen LogP) is 1.88. The molecule has 0 aromatic heterocycles. The number of nitrogens with one attached hydrogen (secondary N) is 1. The van der Waals surface area contributed by atoms with Crippen LogP contribution in [0.2, 0.25) is 0 Å². The van der Waals surface area contributed by atoms with Gasteiger partial charge in [0, 0.05) is 0 Å². The molecule has 0 aliphatic heterocycles. The van der Waals surface area contributed by atoms with Crippen molar-refractivity contribution in [3.63, 3.8) is 0 Å². The number of carbonyl (C=O) groups excluding carboxylic acids is 1. The van der Waals surface area contributed by atoms with Crippen LogP contribution in [-0.2, 0) is 4.79 Å². The van der Waals surface area contributed by atoms with E-state index in [1.807, 2.05) is 18.2 Å². The summed E-state index contributed by atoms with van der Waals surface area (Å²) in [6.07, 6.45) is 0.258. The van der Waals surface area contributed by atoms with Gasteiger partial charge in [0.05, 0.1) is 13.3 Å². The van der Waals surface area contributed by atoms with Gasteiger partial charge in [-0.1, -0.05) is 30.3 Å². The molecular formula is C16H16N2O3. The SMILES string of the molecule is COc1ccc(C=NNC(=O)C(O)c2ccccc2)cc1. The average Bonchev–Trinajstić information content (AvgIpc) is 2.55. The number of ether oxygens (including phenoxy) is 1. The van der Waals surface area contributed by atoms with Crippen LogP contribution in [0.1, 0.15) is 17.2 Å². The van der Waals surface area contributed by atoms with Crippen LogP contribution in [0.3, 0.4) is 0 Å². The van der Waals surface area contributed by atoms with Gasteiger partial charge >= 0.3 is 0 Å². The van der Waals surface area contributed by atoms with Crippen LogP contribution in [0.15, 0.2) is 59.7 Å². The number of benzene rings is 2. The summed E-state index contributed by atoms with van der Waals surface area (Å²) in [5, 5.41) is 13.7. The Kier molecular flexibility index (Phi) is 5.06. The van der Waals surface area contributed by atoms with Crippen LogP contribution in [0.4, 0.5) is 0 Å². The Morgan fingerprint density at radius 3 is 2.48 bits per heavy atom. The Morgan fingerprint density at radius 1 is 1.19 bits per heavy atom. The molecule has 0 radical (unpaired) electrons. The molecule has 0 spiro atoms. The first-order chi connectivity index (χ1) is 10.2. The maximum Gasteiger partial charge on any atom is 0.273 e. The first-order valence-electron chi connectivity index (χ1n) is 6.40. The van der Waals surface area contributed by atoms with Crippen molar-refractivity contribution in [2.24, 2.45) is 5.10 Å². The molecule has 0 bridgehead atoms. The molecule has 108 valence electrons. The summed E-state index contributed by atoms with van der Waals surface area (Å²) in [6.45, 7) is 0. The van der Waals surface area contributed by atoms with Crippen molar-refractivity contribution in [3.8, 4) is 5.75 Å². The lowest BCUT2D eigenvalue weighted by Crippen LogP contribution is -2.25. The van der Waals surface area contributed by atoms with E-state index in [0.717, 1.165) is 11.3 Å². The Bertz CT molecular complexity index is 609. The zero-order valence-electron chi connectivity index (χ0n) is 11.6. The molecule has 0 aliphatic rings. The van der Waals surface area contributed by atoms with Crippen molar-refractivity contribution in [1.82, 2.24) is 5.43 Å². The molecule has 1 atom stereocenters. The fraction of sp³-hybridized carbons (Fsp3) is 0.125. The highest BCUT2D eigenvalue weighted by molar-refractivity contribution is 5.85. The average molecular weight is 284 g/mol. The van der Waals surface area contributed by atoms with Gasteiger partial charge in [0.15, 0.2) is 6.10 Å². The van der Waals surface area contributed by atoms with Gasteiger partial charge in [0.25, 0.3) is 5.91 Å². The second-order valence-corrected chi connectivity index (χ2v) is 4.32. The molecular weight excluding hydrogens is 268 g/mol. The molecule has 2 aromatic rings. The third-order valence-corrected chi connectivity index (χ3v) is 2.87. The zero-order chi connectivity index (χ0) is 15.1. The third kappa shape index (κ3) is 4.15. The van der Waals surface area contributed by atoms with Crippen molar-refractivity contribution in [3.05, 3.63) is 65.7 Å². The van der Waals surface area contributed by atoms with E-state index >= 15 is 0 Å². The van der Waals surface area contributed by atoms with Crippen molar-refractivity contribution in [2.45, 2.75) is 6.10 Å². The van der Waals surface area contributed by atoms with Crippen LogP contribution < -0.4 is 10.2 Å². The number of nitrogens with zero attached hydrogens (tertiary/aromatic N) is 1. The maximum atomic E-state index is 11.7. The topological polar surface area (TPSA) is 70.9 Å². The number of hydrogen-bond donors (Lipinski definition) is 2. The number of methoxy groups -OCH3 is 1. The van der Waals surface area contributed by atoms with Gasteiger partial charge in [-0.05, 0) is 35.4 Å². The van der Waals surface area contributed by atoms with Gasteiger partial charge in [-0.2, -0.15) is 5.10 Å². The standard InChI is InChI=1S/C16H16N2O3/c1-21-14-9-7-12(8-10-14)11-17-18-16(20)15(19)13-5-3-2-4-6-13/h2-11,15,19H,1H3,(H,18,20). The Labute approximate surface area is 122 Å². The molecule has 5 heteroatoms. The summed E-state index contributed by atoms with van der Waals surface area (Å²) in [6, 6.07) is 15.9. The summed E-state index contributed by atoms with van der Waals surface area (Å²) in [5.74, 6) is 0.168. The zero-order valence-corrected chi connectivity index (χ0v) is 11.6. The van der Waals surface area contributed by atoms with E-state index in [1.54, 1.807) is 43.5 Å². The highest BCUT2D eigenvalue weighted by Crippen LogP contribution is 2.12. The molecule has 0 heterocycles. The lowest BCUT2D eigenvalue weighted by molar-refractivity contribution is -0.129. The van der Waals surface area contributed by atoms with Crippen LogP contribution in [-0.4, -0.2) is 24.3 Å². The minimum absolute atomic E-state index is 0.523. The Morgan fingerprint density at radius 2 is 1.86 bits per heavy atom. The van der Waals surface area contributed by atoms with E-state index in [-0.39, 0.29) is 0 Å². The van der Waals surface area contributed by atoms with E-state index in [9.17, 15) is 9.90 Å². The highest BCUT2D eigenvalue weighted by atomic mass is 16.5. The molecule has 0 aliphatic carbocycles. The van der Waals surface area contributed by atoms with E-state index in [1.165, 1.54) is 6.21 Å². The Balaban J connectivity index is 1.92. The van der Waals surface area contributed by atoms with Crippen molar-refractivity contribution in [1.29, 1.82) is 0 Å². The summed E-state index contributed by atoms with van der Waals surface area (Å²) in [5.41, 5.74) is 3.64. The number of rotatable bonds is 5. The highest BCUT2D eigenvalue weighted by Gasteiger charge is 2.15. The van der Waals surface area contributed by atoms with Gasteiger partial charge in [0.2, 0.25) is 0 Å². The van der Waals surface area contributed by atoms with Crippen LogP contribution in [0.25, 0.3) is 0 Å². The van der Waals surface area contributed by atoms with E-state index < -0.39 is 12.0 Å². The van der Waals surface area contributed by atoms with Gasteiger partial charge in [-0.15, -0.1) is 0 Å². The predicted molar refractivity (Wildman–Crippen MR) is 80.1 cm³/mol. The fourth-order valence-corrected chi connectivity index (χ4v) is 1.71. The number of aliphatic hydroxyl groups excluding tert-OH is 1. The monoisotopic (exact) mass is 284 g/mol. The molecule has 0 saturated heterocycles. The third-order valence-electron chi connectivity index (χ3n) is 2.87. The maximum absolute atomic E-state index is 11.7. The van der Waals surface area contributed by atoms with Crippen molar-refractivity contribution in [2.75, 3.05) is 7.11 Å². The smallest absolute Gasteiger partial charge is 0.273 e. The molecule has 21 heavy (non-hydrogen) atoms. The molecule has 1 amide bonds. The molecule has 2 N–H and O–H groups in total. The second-order valence-electron chi connectivity index (χ2n) is 4.32. The lowest BCUT2D eigenvalue weighted by Gasteiger charge is -2.08. The fourth-order valence-electron chi connectivity index (χ4n) is 1.71. The minimum atomic E-state index is -1.24. The van der Waals surface area contributed by atoms with Crippen molar-refractivity contribution < 1.29 is 14.6 Å². The summed E-state index contributed by atoms with van der Waals surface area (Å²) in [4.78, 5) is 11.7. The molecule has 0 saturated carbocycles. The molecule has 1 unspecified atom stereocenters.